The molecule has 1 amide bonds. The Labute approximate surface area is 125 Å². The molecule has 0 bridgehead atoms. The lowest BCUT2D eigenvalue weighted by Gasteiger charge is -2.06. The van der Waals surface area contributed by atoms with Crippen LogP contribution in [0.2, 0.25) is 0 Å². The maximum absolute atomic E-state index is 12.0. The van der Waals surface area contributed by atoms with Gasteiger partial charge < -0.3 is 14.8 Å². The van der Waals surface area contributed by atoms with Crippen LogP contribution in [0.5, 0.6) is 11.5 Å². The van der Waals surface area contributed by atoms with E-state index in [0.29, 0.717) is 30.2 Å². The third-order valence-corrected chi connectivity index (χ3v) is 3.40. The molecular formula is C13H16BrN2O4+. The molecule has 1 N–H and O–H groups in total. The normalized spacial score (nSPS) is 18.1. The number of halogens is 1. The summed E-state index contributed by atoms with van der Waals surface area (Å²) in [7, 11) is 1.56. The van der Waals surface area contributed by atoms with Crippen LogP contribution in [0.15, 0.2) is 18.2 Å². The van der Waals surface area contributed by atoms with Crippen LogP contribution in [0.3, 0.4) is 0 Å². The van der Waals surface area contributed by atoms with Crippen LogP contribution >= 0.6 is 15.9 Å². The second-order valence-corrected chi connectivity index (χ2v) is 5.80. The minimum Gasteiger partial charge on any atom is -0.497 e. The van der Waals surface area contributed by atoms with E-state index < -0.39 is 6.23 Å². The van der Waals surface area contributed by atoms with Gasteiger partial charge >= 0.3 is 11.9 Å². The zero-order chi connectivity index (χ0) is 14.7. The van der Waals surface area contributed by atoms with Gasteiger partial charge in [-0.05, 0) is 13.0 Å². The van der Waals surface area contributed by atoms with Crippen LogP contribution in [0, 0.1) is 4.91 Å². The molecule has 20 heavy (non-hydrogen) atoms. The van der Waals surface area contributed by atoms with Gasteiger partial charge in [0, 0.05) is 23.6 Å². The summed E-state index contributed by atoms with van der Waals surface area (Å²) in [4.78, 5) is 23.2. The Morgan fingerprint density at radius 2 is 2.35 bits per heavy atom. The number of amides is 1. The lowest BCUT2D eigenvalue weighted by Crippen LogP contribution is -2.34. The quantitative estimate of drug-likeness (QED) is 0.656. The molecule has 108 valence electrons. The number of nitrogens with one attached hydrogen (secondary N) is 1. The largest absolute Gasteiger partial charge is 0.497 e. The third-order valence-electron chi connectivity index (χ3n) is 2.98. The molecule has 1 aliphatic rings. The van der Waals surface area contributed by atoms with Crippen LogP contribution in [0.4, 0.5) is 5.69 Å². The molecule has 1 aromatic carbocycles. The SMILES string of the molecule is COc1ccc2c(c1)OC(CCNC(=O)C(C)Br)[N+]2=O. The van der Waals surface area contributed by atoms with Crippen molar-refractivity contribution in [1.82, 2.24) is 5.32 Å². The Morgan fingerprint density at radius 1 is 1.60 bits per heavy atom. The van der Waals surface area contributed by atoms with Crippen LogP contribution in [-0.2, 0) is 4.79 Å². The second-order valence-electron chi connectivity index (χ2n) is 4.43. The van der Waals surface area contributed by atoms with Crippen molar-refractivity contribution >= 4 is 27.5 Å². The van der Waals surface area contributed by atoms with Gasteiger partial charge in [-0.1, -0.05) is 15.9 Å². The molecule has 6 nitrogen and oxygen atoms in total. The first-order valence-electron chi connectivity index (χ1n) is 6.25. The Kier molecular flexibility index (Phi) is 4.59. The highest BCUT2D eigenvalue weighted by Crippen LogP contribution is 2.38. The maximum Gasteiger partial charge on any atom is 0.352 e. The van der Waals surface area contributed by atoms with Gasteiger partial charge in [-0.2, -0.15) is 0 Å². The number of rotatable bonds is 5. The Hall–Kier alpha value is -1.63. The molecule has 7 heteroatoms. The summed E-state index contributed by atoms with van der Waals surface area (Å²) in [5.74, 6) is 1.03. The van der Waals surface area contributed by atoms with E-state index in [-0.39, 0.29) is 10.7 Å². The van der Waals surface area contributed by atoms with E-state index in [1.54, 1.807) is 32.2 Å². The monoisotopic (exact) mass is 343 g/mol. The van der Waals surface area contributed by atoms with Crippen LogP contribution in [-0.4, -0.2) is 35.4 Å². The molecule has 0 saturated carbocycles. The average Bonchev–Trinajstić information content (AvgIpc) is 2.74. The number of carbonyl (C=O) groups is 1. The first-order chi connectivity index (χ1) is 9.52. The minimum atomic E-state index is -0.622. The fraction of sp³-hybridized carbons (Fsp3) is 0.462. The van der Waals surface area contributed by atoms with E-state index in [4.69, 9.17) is 9.47 Å². The van der Waals surface area contributed by atoms with Crippen LogP contribution in [0.25, 0.3) is 0 Å². The number of benzene rings is 1. The summed E-state index contributed by atoms with van der Waals surface area (Å²) >= 11 is 3.18. The lowest BCUT2D eigenvalue weighted by molar-refractivity contribution is -0.529. The summed E-state index contributed by atoms with van der Waals surface area (Å²) in [5, 5.41) is 2.72. The number of nitroso groups, excluding NO2 is 1. The second kappa shape index (κ2) is 6.21. The van der Waals surface area contributed by atoms with E-state index in [2.05, 4.69) is 21.2 Å². The van der Waals surface area contributed by atoms with Crippen molar-refractivity contribution in [3.8, 4) is 11.5 Å². The van der Waals surface area contributed by atoms with E-state index in [0.717, 1.165) is 4.76 Å². The standard InChI is InChI=1S/C13H15BrN2O4/c1-8(14)13(17)15-6-5-12-16(18)10-4-3-9(19-2)7-11(10)20-12/h3-4,7-8,12H,5-6H2,1-2H3/p+1. The van der Waals surface area contributed by atoms with Crippen molar-refractivity contribution in [2.24, 2.45) is 0 Å². The topological polar surface area (TPSA) is 67.6 Å². The zero-order valence-electron chi connectivity index (χ0n) is 11.3. The van der Waals surface area contributed by atoms with E-state index >= 15 is 0 Å². The average molecular weight is 344 g/mol. The van der Waals surface area contributed by atoms with Gasteiger partial charge in [-0.3, -0.25) is 4.79 Å². The van der Waals surface area contributed by atoms with Crippen LogP contribution in [0.1, 0.15) is 13.3 Å². The number of alkyl halides is 1. The molecule has 0 fully saturated rings. The number of fused-ring (bicyclic) bond motifs is 1. The lowest BCUT2D eigenvalue weighted by atomic mass is 10.3. The molecule has 2 unspecified atom stereocenters. The highest BCUT2D eigenvalue weighted by Gasteiger charge is 2.40. The minimum absolute atomic E-state index is 0.111. The first-order valence-corrected chi connectivity index (χ1v) is 7.17. The van der Waals surface area contributed by atoms with Gasteiger partial charge in [0.1, 0.15) is 5.75 Å². The molecule has 0 radical (unpaired) electrons. The van der Waals surface area contributed by atoms with E-state index in [9.17, 15) is 9.70 Å². The number of methoxy groups -OCH3 is 1. The molecule has 1 aromatic rings. The van der Waals surface area contributed by atoms with Gasteiger partial charge in [-0.25, -0.2) is 0 Å². The summed E-state index contributed by atoms with van der Waals surface area (Å²) in [6, 6.07) is 5.06. The molecule has 2 rings (SSSR count). The highest BCUT2D eigenvalue weighted by atomic mass is 79.9. The van der Waals surface area contributed by atoms with Gasteiger partial charge in [0.05, 0.1) is 23.1 Å². The number of hydrogen-bond donors (Lipinski definition) is 1. The maximum atomic E-state index is 12.0. The predicted octanol–water partition coefficient (Wildman–Crippen LogP) is 2.11. The summed E-state index contributed by atoms with van der Waals surface area (Å²) in [6.45, 7) is 2.12. The molecule has 1 heterocycles. The summed E-state index contributed by atoms with van der Waals surface area (Å²) < 4.78 is 11.5. The first kappa shape index (κ1) is 14.8. The molecule has 0 saturated heterocycles. The molecule has 1 aliphatic heterocycles. The van der Waals surface area contributed by atoms with Gasteiger partial charge in [0.15, 0.2) is 0 Å². The van der Waals surface area contributed by atoms with Crippen molar-refractivity contribution in [3.05, 3.63) is 23.1 Å². The number of hydrogen-bond acceptors (Lipinski definition) is 4. The van der Waals surface area contributed by atoms with Gasteiger partial charge in [0.25, 0.3) is 0 Å². The third kappa shape index (κ3) is 3.09. The fourth-order valence-corrected chi connectivity index (χ4v) is 2.04. The van der Waals surface area contributed by atoms with Crippen LogP contribution < -0.4 is 14.8 Å². The number of ether oxygens (including phenoxy) is 2. The van der Waals surface area contributed by atoms with Crippen molar-refractivity contribution in [2.75, 3.05) is 13.7 Å². The van der Waals surface area contributed by atoms with E-state index in [1.807, 2.05) is 0 Å². The van der Waals surface area contributed by atoms with Crippen molar-refractivity contribution in [3.63, 3.8) is 0 Å². The summed E-state index contributed by atoms with van der Waals surface area (Å²) in [6.07, 6.45) is -0.214. The fourth-order valence-electron chi connectivity index (χ4n) is 1.88. The highest BCUT2D eigenvalue weighted by molar-refractivity contribution is 9.10. The molecule has 0 spiro atoms. The summed E-state index contributed by atoms with van der Waals surface area (Å²) in [5.41, 5.74) is 0.482. The van der Waals surface area contributed by atoms with Crippen molar-refractivity contribution < 1.29 is 19.0 Å². The Morgan fingerprint density at radius 3 is 3.00 bits per heavy atom. The van der Waals surface area contributed by atoms with E-state index in [1.165, 1.54) is 0 Å². The van der Waals surface area contributed by atoms with Crippen molar-refractivity contribution in [1.29, 1.82) is 0 Å². The number of nitrogens with zero attached hydrogens (tertiary/aromatic N) is 1. The molecule has 2 atom stereocenters. The van der Waals surface area contributed by atoms with Crippen molar-refractivity contribution in [2.45, 2.75) is 24.4 Å². The van der Waals surface area contributed by atoms with Gasteiger partial charge in [0.2, 0.25) is 11.7 Å². The molecular weight excluding hydrogens is 328 g/mol. The molecule has 0 aromatic heterocycles. The predicted molar refractivity (Wildman–Crippen MR) is 76.7 cm³/mol. The Bertz CT molecular complexity index is 533. The zero-order valence-corrected chi connectivity index (χ0v) is 12.8. The number of carbonyl (C=O) groups excluding carboxylic acids is 1. The molecule has 0 aliphatic carbocycles. The van der Waals surface area contributed by atoms with Gasteiger partial charge in [-0.15, -0.1) is 0 Å². The Balaban J connectivity index is 1.93. The smallest absolute Gasteiger partial charge is 0.352 e.